The normalized spacial score (nSPS) is 23.5. The molecular weight excluding hydrogens is 452 g/mol. The molecule has 0 aromatic heterocycles. The van der Waals surface area contributed by atoms with Gasteiger partial charge in [0, 0.05) is 11.9 Å². The minimum Gasteiger partial charge on any atom is -0.358 e. The molecule has 0 bridgehead atoms. The van der Waals surface area contributed by atoms with Crippen LogP contribution >= 0.6 is 11.8 Å². The number of rotatable bonds is 4. The van der Waals surface area contributed by atoms with Gasteiger partial charge in [-0.15, -0.1) is 11.8 Å². The molecule has 0 N–H and O–H groups in total. The Morgan fingerprint density at radius 3 is 2.06 bits per heavy atom. The van der Waals surface area contributed by atoms with Crippen molar-refractivity contribution in [3.05, 3.63) is 128 Å². The summed E-state index contributed by atoms with van der Waals surface area (Å²) in [6, 6.07) is 19.8. The molecule has 4 heteroatoms. The second-order valence-electron chi connectivity index (χ2n) is 7.84. The first-order chi connectivity index (χ1) is 15.1. The minimum absolute atomic E-state index is 0. The Hall–Kier alpha value is -1.22. The number of aliphatic imine (C=N–C) groups is 1. The third-order valence-corrected chi connectivity index (χ3v) is 6.71. The van der Waals surface area contributed by atoms with Crippen LogP contribution in [-0.2, 0) is 17.1 Å². The van der Waals surface area contributed by atoms with Gasteiger partial charge in [0.25, 0.3) is 0 Å². The van der Waals surface area contributed by atoms with Gasteiger partial charge >= 0.3 is 17.1 Å². The van der Waals surface area contributed by atoms with Gasteiger partial charge in [-0.25, -0.2) is 0 Å². The zero-order chi connectivity index (χ0) is 21.6. The molecule has 2 saturated carbocycles. The zero-order valence-electron chi connectivity index (χ0n) is 18.6. The maximum Gasteiger partial charge on any atom is 2.00 e. The Bertz CT molecular complexity index is 840. The van der Waals surface area contributed by atoms with Gasteiger partial charge in [0.1, 0.15) is 5.84 Å². The predicted octanol–water partition coefficient (Wildman–Crippen LogP) is 6.31. The van der Waals surface area contributed by atoms with Crippen LogP contribution in [0.2, 0.25) is 0 Å². The Labute approximate surface area is 210 Å². The molecule has 2 aromatic rings. The summed E-state index contributed by atoms with van der Waals surface area (Å²) in [7, 11) is 2.15. The van der Waals surface area contributed by atoms with Gasteiger partial charge in [-0.2, -0.15) is 0 Å². The first-order valence-corrected chi connectivity index (χ1v) is 11.5. The molecule has 2 aliphatic carbocycles. The molecule has 2 nitrogen and oxygen atoms in total. The van der Waals surface area contributed by atoms with E-state index in [0.717, 1.165) is 5.84 Å². The molecule has 1 aliphatic heterocycles. The van der Waals surface area contributed by atoms with E-state index < -0.39 is 0 Å². The van der Waals surface area contributed by atoms with Crippen molar-refractivity contribution in [3.63, 3.8) is 0 Å². The first-order valence-electron chi connectivity index (χ1n) is 10.7. The average Bonchev–Trinajstić information content (AvgIpc) is 3.56. The number of amidine groups is 1. The van der Waals surface area contributed by atoms with E-state index in [-0.39, 0.29) is 23.1 Å². The number of benzene rings is 2. The maximum atomic E-state index is 5.11. The molecule has 1 heterocycles. The average molecular weight is 480 g/mol. The van der Waals surface area contributed by atoms with Crippen molar-refractivity contribution in [2.75, 3.05) is 7.05 Å². The van der Waals surface area contributed by atoms with Gasteiger partial charge in [-0.1, -0.05) is 48.0 Å². The maximum absolute atomic E-state index is 5.11. The molecule has 162 valence electrons. The Morgan fingerprint density at radius 2 is 1.44 bits per heavy atom. The van der Waals surface area contributed by atoms with Gasteiger partial charge in [0.2, 0.25) is 0 Å². The molecule has 0 spiro atoms. The monoisotopic (exact) mass is 480 g/mol. The van der Waals surface area contributed by atoms with Gasteiger partial charge in [0.15, 0.2) is 0 Å². The second-order valence-corrected chi connectivity index (χ2v) is 8.96. The van der Waals surface area contributed by atoms with E-state index in [2.05, 4.69) is 99.7 Å². The van der Waals surface area contributed by atoms with Crippen LogP contribution < -0.4 is 0 Å². The molecule has 2 atom stereocenters. The van der Waals surface area contributed by atoms with E-state index in [1.165, 1.54) is 27.2 Å². The largest absolute Gasteiger partial charge is 2.00 e. The summed E-state index contributed by atoms with van der Waals surface area (Å²) < 4.78 is 0. The molecule has 10 radical (unpaired) electrons. The number of thioether (sulfide) groups is 1. The van der Waals surface area contributed by atoms with Gasteiger partial charge in [-0.3, -0.25) is 4.99 Å². The fourth-order valence-electron chi connectivity index (χ4n) is 3.73. The molecule has 2 aromatic carbocycles. The van der Waals surface area contributed by atoms with Crippen molar-refractivity contribution in [2.24, 2.45) is 4.99 Å². The van der Waals surface area contributed by atoms with Crippen molar-refractivity contribution in [3.8, 4) is 0 Å². The standard InChI is InChI=1S/C23H23N2S.C5H5.Fe/c1-16-12-14-19(15-13-16)26-21-11-7-10-20(21)23-24-22(17(2)25(23)3)18-8-5-4-6-9-18;1-2-4-5-3-1;/h4-15,17,22H,1-3H3;1-5H;/q;;+2/t17-,22+;;/m0../s1. The fraction of sp³-hybridized carbons (Fsp3) is 0.179. The fourth-order valence-corrected chi connectivity index (χ4v) is 4.67. The topological polar surface area (TPSA) is 15.6 Å². The Kier molecular flexibility index (Phi) is 9.76. The van der Waals surface area contributed by atoms with Crippen molar-refractivity contribution in [1.82, 2.24) is 4.90 Å². The van der Waals surface area contributed by atoms with Crippen molar-refractivity contribution >= 4 is 17.6 Å². The number of aryl methyl sites for hydroxylation is 1. The molecule has 32 heavy (non-hydrogen) atoms. The zero-order valence-corrected chi connectivity index (χ0v) is 20.5. The second kappa shape index (κ2) is 12.3. The van der Waals surface area contributed by atoms with Crippen LogP contribution in [0.5, 0.6) is 0 Å². The Morgan fingerprint density at radius 1 is 0.812 bits per heavy atom. The molecule has 0 saturated heterocycles. The van der Waals surface area contributed by atoms with Crippen molar-refractivity contribution < 1.29 is 17.1 Å². The van der Waals surface area contributed by atoms with Gasteiger partial charge < -0.3 is 4.90 Å². The summed E-state index contributed by atoms with van der Waals surface area (Å²) >= 11 is 1.81. The smallest absolute Gasteiger partial charge is 0.358 e. The van der Waals surface area contributed by atoms with Crippen LogP contribution in [-0.4, -0.2) is 23.8 Å². The van der Waals surface area contributed by atoms with Crippen LogP contribution in [0, 0.1) is 69.5 Å². The quantitative estimate of drug-likeness (QED) is 0.477. The summed E-state index contributed by atoms with van der Waals surface area (Å²) in [4.78, 5) is 8.68. The first kappa shape index (κ1) is 25.4. The summed E-state index contributed by atoms with van der Waals surface area (Å²) in [5.74, 6) is 2.31. The summed E-state index contributed by atoms with van der Waals surface area (Å²) in [6.07, 6.45) is 16.5. The number of hydrogen-bond acceptors (Lipinski definition) is 3. The SMILES string of the molecule is Cc1ccc(S[C]2[CH][CH][CH][C]2C2=N[C@@H](c3ccccc3)[C@H](C)N2C)cc1.[CH]1[CH][CH][CH][CH]1.[Fe+2]. The third-order valence-electron chi connectivity index (χ3n) is 5.63. The number of hydrogen-bond donors (Lipinski definition) is 0. The van der Waals surface area contributed by atoms with Gasteiger partial charge in [0.05, 0.1) is 23.3 Å². The summed E-state index contributed by atoms with van der Waals surface area (Å²) in [5.41, 5.74) is 2.57. The van der Waals surface area contributed by atoms with E-state index >= 15 is 0 Å². The summed E-state index contributed by atoms with van der Waals surface area (Å²) in [6.45, 7) is 4.37. The van der Waals surface area contributed by atoms with E-state index in [9.17, 15) is 0 Å². The van der Waals surface area contributed by atoms with Crippen LogP contribution in [0.1, 0.15) is 24.1 Å². The van der Waals surface area contributed by atoms with Crippen LogP contribution in [0.15, 0.2) is 64.5 Å². The number of nitrogens with zero attached hydrogens (tertiary/aromatic N) is 2. The molecule has 2 fully saturated rings. The molecule has 0 amide bonds. The van der Waals surface area contributed by atoms with Crippen LogP contribution in [0.4, 0.5) is 0 Å². The molecular formula is C28H28FeN2S+2. The van der Waals surface area contributed by atoms with E-state index in [1.54, 1.807) is 0 Å². The molecule has 0 unspecified atom stereocenters. The van der Waals surface area contributed by atoms with E-state index in [4.69, 9.17) is 4.99 Å². The minimum atomic E-state index is 0. The van der Waals surface area contributed by atoms with Crippen molar-refractivity contribution in [1.29, 1.82) is 0 Å². The van der Waals surface area contributed by atoms with Crippen LogP contribution in [0.3, 0.4) is 0 Å². The summed E-state index contributed by atoms with van der Waals surface area (Å²) in [5, 5.41) is 1.26. The van der Waals surface area contributed by atoms with Crippen molar-refractivity contribution in [2.45, 2.75) is 30.8 Å². The Balaban J connectivity index is 0.000000427. The third kappa shape index (κ3) is 6.21. The number of likely N-dealkylation sites (N-methyl/N-ethyl adjacent to an activating group) is 1. The molecule has 3 aliphatic rings. The van der Waals surface area contributed by atoms with E-state index in [1.807, 2.05) is 43.9 Å². The van der Waals surface area contributed by atoms with E-state index in [0.29, 0.717) is 6.04 Å². The van der Waals surface area contributed by atoms with Gasteiger partial charge in [-0.05, 0) is 82.9 Å². The molecule has 5 rings (SSSR count). The predicted molar refractivity (Wildman–Crippen MR) is 132 cm³/mol. The van der Waals surface area contributed by atoms with Crippen LogP contribution in [0.25, 0.3) is 0 Å².